The van der Waals surface area contributed by atoms with Gasteiger partial charge in [0, 0.05) is 43.5 Å². The minimum Gasteiger partial charge on any atom is -0.493 e. The highest BCUT2D eigenvalue weighted by Gasteiger charge is 2.22. The van der Waals surface area contributed by atoms with E-state index in [4.69, 9.17) is 9.15 Å². The van der Waals surface area contributed by atoms with Crippen LogP contribution >= 0.6 is 0 Å². The zero-order valence-electron chi connectivity index (χ0n) is 19.9. The van der Waals surface area contributed by atoms with Crippen LogP contribution in [0.3, 0.4) is 0 Å². The molecule has 1 aliphatic rings. The smallest absolute Gasteiger partial charge is 0.253 e. The van der Waals surface area contributed by atoms with Crippen molar-refractivity contribution in [3.63, 3.8) is 0 Å². The molecule has 1 fully saturated rings. The van der Waals surface area contributed by atoms with E-state index in [0.717, 1.165) is 56.7 Å². The Kier molecular flexibility index (Phi) is 7.70. The normalized spacial score (nSPS) is 14.7. The average molecular weight is 472 g/mol. The number of benzene rings is 1. The van der Waals surface area contributed by atoms with Crippen LogP contribution in [0, 0.1) is 17.6 Å². The maximum atomic E-state index is 14.6. The summed E-state index contributed by atoms with van der Waals surface area (Å²) in [5.41, 5.74) is 0.815. The van der Waals surface area contributed by atoms with Crippen LogP contribution in [0.4, 0.5) is 14.7 Å². The van der Waals surface area contributed by atoms with E-state index in [1.807, 2.05) is 26.2 Å². The minimum absolute atomic E-state index is 0.0251. The third kappa shape index (κ3) is 5.69. The third-order valence-corrected chi connectivity index (χ3v) is 6.19. The highest BCUT2D eigenvalue weighted by atomic mass is 19.1. The van der Waals surface area contributed by atoms with Gasteiger partial charge in [-0.3, -0.25) is 0 Å². The minimum atomic E-state index is -0.782. The predicted octanol–water partition coefficient (Wildman–Crippen LogP) is 5.57. The lowest BCUT2D eigenvalue weighted by atomic mass is 9.92. The number of hydrogen-bond donors (Lipinski definition) is 0. The van der Waals surface area contributed by atoms with Crippen molar-refractivity contribution < 1.29 is 17.9 Å². The molecule has 2 aromatic heterocycles. The second-order valence-electron chi connectivity index (χ2n) is 9.03. The number of anilines is 1. The van der Waals surface area contributed by atoms with Gasteiger partial charge >= 0.3 is 0 Å². The number of halogens is 2. The summed E-state index contributed by atoms with van der Waals surface area (Å²) in [6.45, 7) is 8.09. The summed E-state index contributed by atoms with van der Waals surface area (Å²) in [4.78, 5) is 11.2. The van der Waals surface area contributed by atoms with E-state index in [-0.39, 0.29) is 23.1 Å². The quantitative estimate of drug-likeness (QED) is 0.378. The zero-order chi connectivity index (χ0) is 24.1. The van der Waals surface area contributed by atoms with Crippen LogP contribution in [0.15, 0.2) is 28.9 Å². The van der Waals surface area contributed by atoms with Gasteiger partial charge in [0.15, 0.2) is 0 Å². The Morgan fingerprint density at radius 3 is 2.35 bits per heavy atom. The summed E-state index contributed by atoms with van der Waals surface area (Å²) in [7, 11) is 0. The number of piperidine rings is 1. The molecule has 9 heteroatoms. The molecule has 182 valence electrons. The molecular weight excluding hydrogens is 440 g/mol. The first-order valence-electron chi connectivity index (χ1n) is 12.0. The van der Waals surface area contributed by atoms with Gasteiger partial charge < -0.3 is 14.1 Å². The van der Waals surface area contributed by atoms with Crippen LogP contribution in [0.1, 0.15) is 63.8 Å². The number of ether oxygens (including phenoxy) is 1. The second-order valence-corrected chi connectivity index (χ2v) is 9.03. The van der Waals surface area contributed by atoms with Gasteiger partial charge in [-0.1, -0.05) is 20.8 Å². The summed E-state index contributed by atoms with van der Waals surface area (Å²) in [5.74, 6) is 0.134. The van der Waals surface area contributed by atoms with Crippen molar-refractivity contribution in [2.45, 2.75) is 58.8 Å². The van der Waals surface area contributed by atoms with E-state index < -0.39 is 11.6 Å². The molecule has 0 unspecified atom stereocenters. The SMILES string of the molecule is CCc1cnc(N2CCC(CCCOc3cc(F)c(-c4nnc(C(C)C)o4)c(F)c3)CC2)nc1. The molecule has 3 aromatic rings. The van der Waals surface area contributed by atoms with Gasteiger partial charge in [0.1, 0.15) is 22.9 Å². The molecule has 0 saturated carbocycles. The van der Waals surface area contributed by atoms with Crippen LogP contribution in [0.25, 0.3) is 11.5 Å². The Morgan fingerprint density at radius 2 is 1.76 bits per heavy atom. The molecule has 1 saturated heterocycles. The molecule has 1 aliphatic heterocycles. The molecule has 0 radical (unpaired) electrons. The lowest BCUT2D eigenvalue weighted by Gasteiger charge is -2.32. The van der Waals surface area contributed by atoms with Crippen molar-refractivity contribution in [1.29, 1.82) is 0 Å². The number of rotatable bonds is 9. The van der Waals surface area contributed by atoms with Crippen molar-refractivity contribution in [2.75, 3.05) is 24.6 Å². The Bertz CT molecular complexity index is 1060. The van der Waals surface area contributed by atoms with Crippen molar-refractivity contribution in [1.82, 2.24) is 20.2 Å². The topological polar surface area (TPSA) is 77.2 Å². The lowest BCUT2D eigenvalue weighted by molar-refractivity contribution is 0.277. The Morgan fingerprint density at radius 1 is 1.09 bits per heavy atom. The molecule has 1 aromatic carbocycles. The molecule has 7 nitrogen and oxygen atoms in total. The Hall–Kier alpha value is -3.10. The molecule has 0 amide bonds. The lowest BCUT2D eigenvalue weighted by Crippen LogP contribution is -2.35. The van der Waals surface area contributed by atoms with Crippen LogP contribution in [0.5, 0.6) is 5.75 Å². The van der Waals surface area contributed by atoms with Gasteiger partial charge in [-0.15, -0.1) is 10.2 Å². The van der Waals surface area contributed by atoms with Crippen LogP contribution in [-0.4, -0.2) is 39.9 Å². The largest absolute Gasteiger partial charge is 0.493 e. The van der Waals surface area contributed by atoms with Gasteiger partial charge in [0.2, 0.25) is 11.8 Å². The summed E-state index contributed by atoms with van der Waals surface area (Å²) < 4.78 is 40.1. The van der Waals surface area contributed by atoms with Crippen LogP contribution in [-0.2, 0) is 6.42 Å². The van der Waals surface area contributed by atoms with E-state index in [0.29, 0.717) is 18.4 Å². The number of nitrogens with zero attached hydrogens (tertiary/aromatic N) is 5. The first-order chi connectivity index (χ1) is 16.4. The van der Waals surface area contributed by atoms with Crippen molar-refractivity contribution in [3.05, 3.63) is 47.6 Å². The highest BCUT2D eigenvalue weighted by molar-refractivity contribution is 5.56. The zero-order valence-corrected chi connectivity index (χ0v) is 19.9. The molecular formula is C25H31F2N5O2. The maximum absolute atomic E-state index is 14.6. The molecule has 4 rings (SSSR count). The van der Waals surface area contributed by atoms with Gasteiger partial charge in [0.25, 0.3) is 5.89 Å². The Labute approximate surface area is 198 Å². The van der Waals surface area contributed by atoms with Crippen molar-refractivity contribution >= 4 is 5.95 Å². The average Bonchev–Trinajstić information content (AvgIpc) is 3.32. The molecule has 34 heavy (non-hydrogen) atoms. The standard InChI is InChI=1S/C25H31F2N5O2/c1-4-17-14-28-25(29-15-17)32-9-7-18(8-10-32)6-5-11-33-19-12-20(26)22(21(27)13-19)24-31-30-23(34-24)16(2)3/h12-16,18H,4-11H2,1-3H3. The number of aromatic nitrogens is 4. The summed E-state index contributed by atoms with van der Waals surface area (Å²) in [6.07, 6.45) is 8.69. The maximum Gasteiger partial charge on any atom is 0.253 e. The van der Waals surface area contributed by atoms with Crippen LogP contribution in [0.2, 0.25) is 0 Å². The van der Waals surface area contributed by atoms with Crippen molar-refractivity contribution in [3.8, 4) is 17.2 Å². The predicted molar refractivity (Wildman–Crippen MR) is 125 cm³/mol. The molecule has 3 heterocycles. The Balaban J connectivity index is 1.23. The number of hydrogen-bond acceptors (Lipinski definition) is 7. The van der Waals surface area contributed by atoms with Gasteiger partial charge in [-0.05, 0) is 43.6 Å². The second kappa shape index (κ2) is 10.9. The molecule has 0 aliphatic carbocycles. The fourth-order valence-electron chi connectivity index (χ4n) is 4.08. The van der Waals surface area contributed by atoms with Gasteiger partial charge in [-0.2, -0.15) is 0 Å². The molecule has 0 bridgehead atoms. The van der Waals surface area contributed by atoms with E-state index in [1.165, 1.54) is 12.1 Å². The first kappa shape index (κ1) is 24.0. The fraction of sp³-hybridized carbons (Fsp3) is 0.520. The number of aryl methyl sites for hydroxylation is 1. The monoisotopic (exact) mass is 471 g/mol. The van der Waals surface area contributed by atoms with E-state index in [1.54, 1.807) is 0 Å². The van der Waals surface area contributed by atoms with E-state index in [9.17, 15) is 8.78 Å². The highest BCUT2D eigenvalue weighted by Crippen LogP contribution is 2.30. The van der Waals surface area contributed by atoms with Crippen molar-refractivity contribution in [2.24, 2.45) is 5.92 Å². The summed E-state index contributed by atoms with van der Waals surface area (Å²) in [5, 5.41) is 7.61. The first-order valence-corrected chi connectivity index (χ1v) is 12.0. The van der Waals surface area contributed by atoms with E-state index in [2.05, 4.69) is 32.0 Å². The third-order valence-electron chi connectivity index (χ3n) is 6.19. The summed E-state index contributed by atoms with van der Waals surface area (Å²) in [6, 6.07) is 2.33. The molecule has 0 N–H and O–H groups in total. The summed E-state index contributed by atoms with van der Waals surface area (Å²) >= 11 is 0. The van der Waals surface area contributed by atoms with Gasteiger partial charge in [0.05, 0.1) is 6.61 Å². The molecule has 0 spiro atoms. The molecule has 0 atom stereocenters. The van der Waals surface area contributed by atoms with Gasteiger partial charge in [-0.25, -0.2) is 18.7 Å². The van der Waals surface area contributed by atoms with Crippen LogP contribution < -0.4 is 9.64 Å². The van der Waals surface area contributed by atoms with E-state index >= 15 is 0 Å². The fourth-order valence-corrected chi connectivity index (χ4v) is 4.08.